The van der Waals surface area contributed by atoms with Crippen molar-refractivity contribution < 1.29 is 28.9 Å². The normalized spacial score (nSPS) is 9.62. The molecule has 0 aliphatic rings. The zero-order valence-electron chi connectivity index (χ0n) is 12.6. The molecule has 0 amide bonds. The Bertz CT molecular complexity index is 410. The van der Waals surface area contributed by atoms with Crippen LogP contribution in [0.2, 0.25) is 0 Å². The molecule has 0 aromatic heterocycles. The summed E-state index contributed by atoms with van der Waals surface area (Å²) in [6.45, 7) is 10.3. The first-order valence-electron chi connectivity index (χ1n) is 6.80. The minimum absolute atomic E-state index is 0.109. The average Bonchev–Trinajstić information content (AvgIpc) is 2.44. The standard InChI is InChI=1S/C15H22O6/c1-5-6-7-8-12(4)15(18)19-10-9-13(16)20-21-14(17)11(2)3/h2,4-10H2,1,3H3. The van der Waals surface area contributed by atoms with Crippen molar-refractivity contribution >= 4 is 17.9 Å². The molecule has 0 saturated carbocycles. The van der Waals surface area contributed by atoms with Gasteiger partial charge in [-0.3, -0.25) is 0 Å². The molecular formula is C15H22O6. The van der Waals surface area contributed by atoms with Gasteiger partial charge in [0.25, 0.3) is 0 Å². The van der Waals surface area contributed by atoms with Crippen molar-refractivity contribution in [3.8, 4) is 0 Å². The Morgan fingerprint density at radius 3 is 2.19 bits per heavy atom. The van der Waals surface area contributed by atoms with Crippen LogP contribution in [0.3, 0.4) is 0 Å². The molecular weight excluding hydrogens is 276 g/mol. The van der Waals surface area contributed by atoms with Crippen molar-refractivity contribution in [1.29, 1.82) is 0 Å². The van der Waals surface area contributed by atoms with Crippen LogP contribution in [0.25, 0.3) is 0 Å². The van der Waals surface area contributed by atoms with E-state index < -0.39 is 17.9 Å². The highest BCUT2D eigenvalue weighted by molar-refractivity contribution is 5.88. The van der Waals surface area contributed by atoms with E-state index in [1.807, 2.05) is 0 Å². The maximum absolute atomic E-state index is 11.5. The van der Waals surface area contributed by atoms with E-state index in [0.29, 0.717) is 12.0 Å². The highest BCUT2D eigenvalue weighted by Gasteiger charge is 2.13. The van der Waals surface area contributed by atoms with Gasteiger partial charge >= 0.3 is 17.9 Å². The van der Waals surface area contributed by atoms with Gasteiger partial charge in [0, 0.05) is 11.1 Å². The molecule has 118 valence electrons. The smallest absolute Gasteiger partial charge is 0.381 e. The number of rotatable bonds is 9. The monoisotopic (exact) mass is 298 g/mol. The SMILES string of the molecule is C=C(C)C(=O)OOC(=O)CCOC(=O)C(=C)CCCCC. The second-order valence-corrected chi connectivity index (χ2v) is 4.55. The van der Waals surface area contributed by atoms with Gasteiger partial charge in [0.05, 0.1) is 6.42 Å². The molecule has 0 unspecified atom stereocenters. The second kappa shape index (κ2) is 10.7. The van der Waals surface area contributed by atoms with Gasteiger partial charge in [0.1, 0.15) is 6.61 Å². The Morgan fingerprint density at radius 2 is 1.62 bits per heavy atom. The molecule has 0 aromatic rings. The fourth-order valence-corrected chi connectivity index (χ4v) is 1.22. The van der Waals surface area contributed by atoms with Crippen LogP contribution in [0.15, 0.2) is 24.3 Å². The third-order valence-electron chi connectivity index (χ3n) is 2.47. The fraction of sp³-hybridized carbons (Fsp3) is 0.533. The van der Waals surface area contributed by atoms with Gasteiger partial charge in [0.2, 0.25) is 0 Å². The van der Waals surface area contributed by atoms with Crippen LogP contribution < -0.4 is 0 Å². The van der Waals surface area contributed by atoms with Gasteiger partial charge in [0.15, 0.2) is 0 Å². The van der Waals surface area contributed by atoms with Gasteiger partial charge in [-0.15, -0.1) is 0 Å². The van der Waals surface area contributed by atoms with Crippen LogP contribution in [0.5, 0.6) is 0 Å². The van der Waals surface area contributed by atoms with Crippen LogP contribution in [0, 0.1) is 0 Å². The van der Waals surface area contributed by atoms with Crippen molar-refractivity contribution in [3.05, 3.63) is 24.3 Å². The lowest BCUT2D eigenvalue weighted by Crippen LogP contribution is -2.15. The summed E-state index contributed by atoms with van der Waals surface area (Å²) in [4.78, 5) is 42.1. The predicted molar refractivity (Wildman–Crippen MR) is 75.9 cm³/mol. The van der Waals surface area contributed by atoms with Crippen LogP contribution >= 0.6 is 0 Å². The average molecular weight is 298 g/mol. The molecule has 0 bridgehead atoms. The number of carbonyl (C=O) groups excluding carboxylic acids is 3. The zero-order valence-corrected chi connectivity index (χ0v) is 12.6. The molecule has 6 nitrogen and oxygen atoms in total. The van der Waals surface area contributed by atoms with Crippen LogP contribution in [-0.2, 0) is 28.9 Å². The molecule has 0 spiro atoms. The quantitative estimate of drug-likeness (QED) is 0.214. The van der Waals surface area contributed by atoms with E-state index in [-0.39, 0.29) is 18.6 Å². The van der Waals surface area contributed by atoms with Crippen molar-refractivity contribution in [2.45, 2.75) is 46.0 Å². The second-order valence-electron chi connectivity index (χ2n) is 4.55. The van der Waals surface area contributed by atoms with E-state index in [1.54, 1.807) is 0 Å². The lowest BCUT2D eigenvalue weighted by atomic mass is 10.1. The largest absolute Gasteiger partial charge is 0.462 e. The predicted octanol–water partition coefficient (Wildman–Crippen LogP) is 2.63. The van der Waals surface area contributed by atoms with E-state index in [4.69, 9.17) is 4.74 Å². The van der Waals surface area contributed by atoms with Crippen LogP contribution in [0.4, 0.5) is 0 Å². The Kier molecular flexibility index (Phi) is 9.58. The molecule has 0 rings (SSSR count). The highest BCUT2D eigenvalue weighted by atomic mass is 17.2. The maximum Gasteiger partial charge on any atom is 0.381 e. The number of unbranched alkanes of at least 4 members (excludes halogenated alkanes) is 2. The minimum atomic E-state index is -0.829. The molecule has 0 aliphatic heterocycles. The summed E-state index contributed by atoms with van der Waals surface area (Å²) in [6, 6.07) is 0. The number of esters is 1. The van der Waals surface area contributed by atoms with E-state index in [9.17, 15) is 14.4 Å². The van der Waals surface area contributed by atoms with E-state index in [0.717, 1.165) is 19.3 Å². The first-order chi connectivity index (χ1) is 9.88. The first-order valence-corrected chi connectivity index (χ1v) is 6.80. The summed E-state index contributed by atoms with van der Waals surface area (Å²) >= 11 is 0. The summed E-state index contributed by atoms with van der Waals surface area (Å²) < 4.78 is 4.86. The van der Waals surface area contributed by atoms with E-state index in [2.05, 4.69) is 29.9 Å². The fourth-order valence-electron chi connectivity index (χ4n) is 1.22. The maximum atomic E-state index is 11.5. The molecule has 0 saturated heterocycles. The number of carbonyl (C=O) groups is 3. The molecule has 6 heteroatoms. The third-order valence-corrected chi connectivity index (χ3v) is 2.47. The zero-order chi connectivity index (χ0) is 16.3. The number of ether oxygens (including phenoxy) is 1. The summed E-state index contributed by atoms with van der Waals surface area (Å²) in [7, 11) is 0. The molecule has 0 aromatic carbocycles. The molecule has 21 heavy (non-hydrogen) atoms. The topological polar surface area (TPSA) is 78.9 Å². The lowest BCUT2D eigenvalue weighted by Gasteiger charge is -2.06. The van der Waals surface area contributed by atoms with E-state index in [1.165, 1.54) is 6.92 Å². The van der Waals surface area contributed by atoms with E-state index >= 15 is 0 Å². The minimum Gasteiger partial charge on any atom is -0.462 e. The van der Waals surface area contributed by atoms with Crippen molar-refractivity contribution in [3.63, 3.8) is 0 Å². The molecule has 0 atom stereocenters. The van der Waals surface area contributed by atoms with Gasteiger partial charge in [-0.25, -0.2) is 24.2 Å². The lowest BCUT2D eigenvalue weighted by molar-refractivity contribution is -0.256. The molecule has 0 fully saturated rings. The van der Waals surface area contributed by atoms with Crippen molar-refractivity contribution in [2.24, 2.45) is 0 Å². The summed E-state index contributed by atoms with van der Waals surface area (Å²) in [5.74, 6) is -2.17. The van der Waals surface area contributed by atoms with Gasteiger partial charge in [-0.2, -0.15) is 0 Å². The Hall–Kier alpha value is -2.11. The van der Waals surface area contributed by atoms with Gasteiger partial charge < -0.3 is 4.74 Å². The van der Waals surface area contributed by atoms with Crippen molar-refractivity contribution in [2.75, 3.05) is 6.61 Å². The first kappa shape index (κ1) is 18.9. The van der Waals surface area contributed by atoms with Gasteiger partial charge in [-0.1, -0.05) is 32.9 Å². The van der Waals surface area contributed by atoms with Gasteiger partial charge in [-0.05, 0) is 19.8 Å². The van der Waals surface area contributed by atoms with Crippen LogP contribution in [-0.4, -0.2) is 24.5 Å². The number of hydrogen-bond donors (Lipinski definition) is 0. The van der Waals surface area contributed by atoms with Crippen LogP contribution in [0.1, 0.15) is 46.0 Å². The Morgan fingerprint density at radius 1 is 0.952 bits per heavy atom. The molecule has 0 aliphatic carbocycles. The summed E-state index contributed by atoms with van der Waals surface area (Å²) in [5.41, 5.74) is 0.489. The Labute approximate surface area is 124 Å². The molecule has 0 N–H and O–H groups in total. The summed E-state index contributed by atoms with van der Waals surface area (Å²) in [5, 5.41) is 0. The summed E-state index contributed by atoms with van der Waals surface area (Å²) in [6.07, 6.45) is 3.32. The third kappa shape index (κ3) is 9.43. The van der Waals surface area contributed by atoms with Crippen molar-refractivity contribution in [1.82, 2.24) is 0 Å². The Balaban J connectivity index is 3.80. The molecule has 0 heterocycles. The number of hydrogen-bond acceptors (Lipinski definition) is 6. The molecule has 0 radical (unpaired) electrons. The highest BCUT2D eigenvalue weighted by Crippen LogP contribution is 2.08.